The van der Waals surface area contributed by atoms with Crippen LogP contribution in [0, 0.1) is 6.92 Å². The van der Waals surface area contributed by atoms with E-state index in [1.807, 2.05) is 0 Å². The van der Waals surface area contributed by atoms with Crippen LogP contribution >= 0.6 is 12.2 Å². The summed E-state index contributed by atoms with van der Waals surface area (Å²) < 4.78 is 31.0. The first-order chi connectivity index (χ1) is 9.70. The fraction of sp³-hybridized carbons (Fsp3) is 0.462. The molecule has 0 aliphatic heterocycles. The van der Waals surface area contributed by atoms with Crippen molar-refractivity contribution in [2.75, 3.05) is 27.3 Å². The summed E-state index contributed by atoms with van der Waals surface area (Å²) >= 11 is 4.87. The van der Waals surface area contributed by atoms with E-state index < -0.39 is 16.1 Å². The average Bonchev–Trinajstić information content (AvgIpc) is 2.38. The molecule has 6 nitrogen and oxygen atoms in total. The van der Waals surface area contributed by atoms with E-state index in [0.29, 0.717) is 11.1 Å². The van der Waals surface area contributed by atoms with Crippen LogP contribution in [0.2, 0.25) is 0 Å². The van der Waals surface area contributed by atoms with Crippen molar-refractivity contribution in [3.05, 3.63) is 29.3 Å². The van der Waals surface area contributed by atoms with E-state index in [1.165, 1.54) is 20.2 Å². The van der Waals surface area contributed by atoms with Gasteiger partial charge in [-0.3, -0.25) is 0 Å². The third-order valence-corrected chi connectivity index (χ3v) is 5.19. The monoisotopic (exact) mass is 332 g/mol. The number of rotatable bonds is 7. The lowest BCUT2D eigenvalue weighted by Gasteiger charge is -2.21. The first-order valence-electron chi connectivity index (χ1n) is 6.24. The number of nitrogens with two attached hydrogens (primary N) is 1. The number of aryl methyl sites for hydroxylation is 1. The number of hydrogen-bond donors (Lipinski definition) is 2. The van der Waals surface area contributed by atoms with Crippen molar-refractivity contribution >= 4 is 27.2 Å². The molecule has 0 radical (unpaired) electrons. The molecule has 0 aromatic heterocycles. The molecular formula is C13H20N2O4S2. The Kier molecular flexibility index (Phi) is 6.24. The number of likely N-dealkylation sites (N-methyl/N-ethyl adjacent to an activating group) is 1. The van der Waals surface area contributed by atoms with Crippen molar-refractivity contribution in [2.45, 2.75) is 17.9 Å². The Labute approximate surface area is 130 Å². The van der Waals surface area contributed by atoms with E-state index in [1.54, 1.807) is 19.1 Å². The van der Waals surface area contributed by atoms with Gasteiger partial charge in [-0.15, -0.1) is 0 Å². The van der Waals surface area contributed by atoms with Gasteiger partial charge in [0.1, 0.15) is 4.99 Å². The zero-order valence-electron chi connectivity index (χ0n) is 12.2. The summed E-state index contributed by atoms with van der Waals surface area (Å²) in [7, 11) is -0.895. The normalized spacial score (nSPS) is 13.4. The molecule has 0 saturated carbocycles. The Hall–Kier alpha value is -1.06. The largest absolute Gasteiger partial charge is 0.389 e. The summed E-state index contributed by atoms with van der Waals surface area (Å²) in [5, 5.41) is 9.67. The van der Waals surface area contributed by atoms with Crippen LogP contribution < -0.4 is 5.73 Å². The molecule has 0 saturated heterocycles. The van der Waals surface area contributed by atoms with Crippen LogP contribution in [0.15, 0.2) is 23.1 Å². The van der Waals surface area contributed by atoms with Gasteiger partial charge in [0.05, 0.1) is 17.6 Å². The number of thiocarbonyl (C=S) groups is 1. The maximum Gasteiger partial charge on any atom is 0.243 e. The number of benzene rings is 1. The predicted octanol–water partition coefficient (Wildman–Crippen LogP) is 0.257. The lowest BCUT2D eigenvalue weighted by atomic mass is 10.1. The summed E-state index contributed by atoms with van der Waals surface area (Å²) in [6.07, 6.45) is -0.895. The quantitative estimate of drug-likeness (QED) is 0.696. The SMILES string of the molecule is COCC(O)CN(C)S(=O)(=O)c1cc(C(N)=S)ccc1C. The highest BCUT2D eigenvalue weighted by Gasteiger charge is 2.25. The minimum Gasteiger partial charge on any atom is -0.389 e. The predicted molar refractivity (Wildman–Crippen MR) is 84.8 cm³/mol. The second-order valence-corrected chi connectivity index (χ2v) is 7.19. The van der Waals surface area contributed by atoms with E-state index in [4.69, 9.17) is 22.7 Å². The van der Waals surface area contributed by atoms with Crippen LogP contribution in [0.4, 0.5) is 0 Å². The van der Waals surface area contributed by atoms with Crippen molar-refractivity contribution in [2.24, 2.45) is 5.73 Å². The van der Waals surface area contributed by atoms with Gasteiger partial charge >= 0.3 is 0 Å². The Morgan fingerprint density at radius 3 is 2.67 bits per heavy atom. The molecular weight excluding hydrogens is 312 g/mol. The second-order valence-electron chi connectivity index (χ2n) is 4.74. The molecule has 0 fully saturated rings. The van der Waals surface area contributed by atoms with Crippen molar-refractivity contribution < 1.29 is 18.3 Å². The van der Waals surface area contributed by atoms with Gasteiger partial charge in [0.25, 0.3) is 0 Å². The van der Waals surface area contributed by atoms with Gasteiger partial charge in [-0.25, -0.2) is 8.42 Å². The zero-order chi connectivity index (χ0) is 16.2. The van der Waals surface area contributed by atoms with Crippen molar-refractivity contribution in [3.63, 3.8) is 0 Å². The maximum atomic E-state index is 12.6. The van der Waals surface area contributed by atoms with Gasteiger partial charge in [0.2, 0.25) is 10.0 Å². The summed E-state index contributed by atoms with van der Waals surface area (Å²) in [5.41, 5.74) is 6.61. The summed E-state index contributed by atoms with van der Waals surface area (Å²) in [6.45, 7) is 1.69. The third-order valence-electron chi connectivity index (χ3n) is 2.99. The fourth-order valence-corrected chi connectivity index (χ4v) is 3.42. The fourth-order valence-electron chi connectivity index (χ4n) is 1.84. The van der Waals surface area contributed by atoms with E-state index in [0.717, 1.165) is 4.31 Å². The number of hydrogen-bond acceptors (Lipinski definition) is 5. The minimum absolute atomic E-state index is 0.0613. The van der Waals surface area contributed by atoms with Gasteiger partial charge < -0.3 is 15.6 Å². The van der Waals surface area contributed by atoms with Crippen LogP contribution in [0.3, 0.4) is 0 Å². The average molecular weight is 332 g/mol. The molecule has 0 heterocycles. The van der Waals surface area contributed by atoms with Crippen molar-refractivity contribution in [1.82, 2.24) is 4.31 Å². The van der Waals surface area contributed by atoms with E-state index >= 15 is 0 Å². The molecule has 0 aliphatic carbocycles. The van der Waals surface area contributed by atoms with Gasteiger partial charge in [-0.1, -0.05) is 24.4 Å². The lowest BCUT2D eigenvalue weighted by Crippen LogP contribution is -2.36. The summed E-state index contributed by atoms with van der Waals surface area (Å²) in [5.74, 6) is 0. The first-order valence-corrected chi connectivity index (χ1v) is 8.08. The Bertz CT molecular complexity index is 617. The van der Waals surface area contributed by atoms with E-state index in [-0.39, 0.29) is 23.0 Å². The van der Waals surface area contributed by atoms with E-state index in [9.17, 15) is 13.5 Å². The van der Waals surface area contributed by atoms with Crippen molar-refractivity contribution in [1.29, 1.82) is 0 Å². The Morgan fingerprint density at radius 1 is 1.52 bits per heavy atom. The standard InChI is InChI=1S/C13H20N2O4S2/c1-9-4-5-10(13(14)20)6-12(9)21(17,18)15(2)7-11(16)8-19-3/h4-6,11,16H,7-8H2,1-3H3,(H2,14,20). The lowest BCUT2D eigenvalue weighted by molar-refractivity contribution is 0.0554. The summed E-state index contributed by atoms with van der Waals surface area (Å²) in [6, 6.07) is 4.78. The van der Waals surface area contributed by atoms with Gasteiger partial charge in [0.15, 0.2) is 0 Å². The molecule has 0 amide bonds. The molecule has 1 aromatic rings. The number of aliphatic hydroxyl groups is 1. The van der Waals surface area contributed by atoms with Gasteiger partial charge in [-0.05, 0) is 18.6 Å². The number of aliphatic hydroxyl groups excluding tert-OH is 1. The Balaban J connectivity index is 3.12. The van der Waals surface area contributed by atoms with Crippen LogP contribution in [0.5, 0.6) is 0 Å². The number of nitrogens with zero attached hydrogens (tertiary/aromatic N) is 1. The van der Waals surface area contributed by atoms with Crippen LogP contribution in [0.1, 0.15) is 11.1 Å². The highest BCUT2D eigenvalue weighted by atomic mass is 32.2. The zero-order valence-corrected chi connectivity index (χ0v) is 13.9. The molecule has 118 valence electrons. The Morgan fingerprint density at radius 2 is 2.14 bits per heavy atom. The molecule has 21 heavy (non-hydrogen) atoms. The summed E-state index contributed by atoms with van der Waals surface area (Å²) in [4.78, 5) is 0.258. The van der Waals surface area contributed by atoms with Crippen LogP contribution in [0.25, 0.3) is 0 Å². The highest BCUT2D eigenvalue weighted by Crippen LogP contribution is 2.21. The molecule has 8 heteroatoms. The van der Waals surface area contributed by atoms with Crippen molar-refractivity contribution in [3.8, 4) is 0 Å². The number of methoxy groups -OCH3 is 1. The van der Waals surface area contributed by atoms with Gasteiger partial charge in [-0.2, -0.15) is 4.31 Å². The van der Waals surface area contributed by atoms with E-state index in [2.05, 4.69) is 0 Å². The number of sulfonamides is 1. The van der Waals surface area contributed by atoms with Gasteiger partial charge in [0, 0.05) is 26.3 Å². The second kappa shape index (κ2) is 7.28. The minimum atomic E-state index is -3.74. The molecule has 1 rings (SSSR count). The number of ether oxygens (including phenoxy) is 1. The molecule has 0 spiro atoms. The molecule has 0 aliphatic rings. The smallest absolute Gasteiger partial charge is 0.243 e. The molecule has 3 N–H and O–H groups in total. The molecule has 0 bridgehead atoms. The first kappa shape index (κ1) is 18.0. The molecule has 1 unspecified atom stereocenters. The third kappa shape index (κ3) is 4.45. The maximum absolute atomic E-state index is 12.6. The highest BCUT2D eigenvalue weighted by molar-refractivity contribution is 7.89. The molecule has 1 atom stereocenters. The topological polar surface area (TPSA) is 92.9 Å². The van der Waals surface area contributed by atoms with Crippen LogP contribution in [-0.4, -0.2) is 56.2 Å². The van der Waals surface area contributed by atoms with Crippen LogP contribution in [-0.2, 0) is 14.8 Å². The molecule has 1 aromatic carbocycles.